The molecule has 4 atom stereocenters. The van der Waals surface area contributed by atoms with Crippen LogP contribution in [0.2, 0.25) is 5.02 Å². The molecule has 1 N–H and O–H groups in total. The third kappa shape index (κ3) is 4.78. The van der Waals surface area contributed by atoms with Crippen LogP contribution < -0.4 is 5.32 Å². The lowest BCUT2D eigenvalue weighted by atomic mass is 10.0. The molecule has 1 aliphatic rings. The van der Waals surface area contributed by atoms with E-state index in [0.717, 1.165) is 24.3 Å². The van der Waals surface area contributed by atoms with Gasteiger partial charge in [-0.2, -0.15) is 23.5 Å². The van der Waals surface area contributed by atoms with Gasteiger partial charge in [-0.1, -0.05) is 38.4 Å². The van der Waals surface area contributed by atoms with Crippen LogP contribution in [0.4, 0.5) is 4.39 Å². The van der Waals surface area contributed by atoms with Crippen LogP contribution in [-0.2, 0) is 6.42 Å². The smallest absolute Gasteiger partial charge is 0.127 e. The summed E-state index contributed by atoms with van der Waals surface area (Å²) in [4.78, 5) is 0. The van der Waals surface area contributed by atoms with Crippen molar-refractivity contribution in [2.75, 3.05) is 12.3 Å². The quantitative estimate of drug-likeness (QED) is 0.834. The Morgan fingerprint density at radius 3 is 2.76 bits per heavy atom. The van der Waals surface area contributed by atoms with E-state index in [0.29, 0.717) is 26.8 Å². The van der Waals surface area contributed by atoms with E-state index in [1.807, 2.05) is 29.6 Å². The van der Waals surface area contributed by atoms with E-state index >= 15 is 0 Å². The van der Waals surface area contributed by atoms with Gasteiger partial charge in [0.25, 0.3) is 0 Å². The summed E-state index contributed by atoms with van der Waals surface area (Å²) in [6, 6.07) is 5.30. The van der Waals surface area contributed by atoms with E-state index in [9.17, 15) is 4.39 Å². The zero-order chi connectivity index (χ0) is 15.4. The third-order valence-corrected chi connectivity index (χ3v) is 7.73. The summed E-state index contributed by atoms with van der Waals surface area (Å²) in [5.41, 5.74) is 0.752. The zero-order valence-electron chi connectivity index (χ0n) is 12.7. The van der Waals surface area contributed by atoms with Crippen molar-refractivity contribution >= 4 is 35.1 Å². The number of halogens is 2. The molecule has 0 aromatic heterocycles. The first-order valence-electron chi connectivity index (χ1n) is 7.45. The summed E-state index contributed by atoms with van der Waals surface area (Å²) >= 11 is 9.90. The third-order valence-electron chi connectivity index (χ3n) is 3.94. The molecule has 1 fully saturated rings. The number of likely N-dealkylation sites (N-methyl/N-ethyl adjacent to an activating group) is 1. The molecule has 1 aromatic carbocycles. The first-order valence-corrected chi connectivity index (χ1v) is 9.82. The van der Waals surface area contributed by atoms with Crippen LogP contribution in [0.3, 0.4) is 0 Å². The van der Waals surface area contributed by atoms with Gasteiger partial charge in [-0.3, -0.25) is 0 Å². The number of hydrogen-bond donors (Lipinski definition) is 1. The Balaban J connectivity index is 2.08. The van der Waals surface area contributed by atoms with Gasteiger partial charge < -0.3 is 5.32 Å². The molecule has 0 radical (unpaired) electrons. The fourth-order valence-electron chi connectivity index (χ4n) is 2.54. The second-order valence-electron chi connectivity index (χ2n) is 5.52. The Bertz CT molecular complexity index is 472. The van der Waals surface area contributed by atoms with Crippen molar-refractivity contribution in [3.8, 4) is 0 Å². The molecule has 1 heterocycles. The van der Waals surface area contributed by atoms with Crippen molar-refractivity contribution in [3.05, 3.63) is 34.6 Å². The van der Waals surface area contributed by atoms with E-state index in [1.54, 1.807) is 6.07 Å². The van der Waals surface area contributed by atoms with Gasteiger partial charge in [0.2, 0.25) is 0 Å². The number of rotatable bonds is 5. The number of thioether (sulfide) groups is 2. The standard InChI is InChI=1S/C16H23ClFNS2/c1-4-19-15(16-9-20-10(2)11(3)21-16)7-12-5-6-13(17)8-14(12)18/h5-6,8,10-11,15-16,19H,4,7,9H2,1-3H3. The molecule has 1 aliphatic heterocycles. The molecule has 4 unspecified atom stereocenters. The number of benzene rings is 1. The molecule has 1 aromatic rings. The van der Waals surface area contributed by atoms with Gasteiger partial charge in [-0.05, 0) is 30.7 Å². The zero-order valence-corrected chi connectivity index (χ0v) is 15.1. The van der Waals surface area contributed by atoms with Crippen molar-refractivity contribution in [1.29, 1.82) is 0 Å². The first-order chi connectivity index (χ1) is 10.0. The molecule has 2 rings (SSSR count). The minimum atomic E-state index is -0.194. The summed E-state index contributed by atoms with van der Waals surface area (Å²) in [5, 5.41) is 5.87. The van der Waals surface area contributed by atoms with Gasteiger partial charge in [-0.25, -0.2) is 4.39 Å². The van der Waals surface area contributed by atoms with Gasteiger partial charge in [0, 0.05) is 32.6 Å². The minimum absolute atomic E-state index is 0.194. The second-order valence-corrected chi connectivity index (χ2v) is 8.99. The first kappa shape index (κ1) is 17.5. The average Bonchev–Trinajstić information content (AvgIpc) is 2.44. The van der Waals surface area contributed by atoms with Crippen LogP contribution in [0, 0.1) is 5.82 Å². The summed E-state index contributed by atoms with van der Waals surface area (Å²) < 4.78 is 14.0. The maximum absolute atomic E-state index is 14.0. The highest BCUT2D eigenvalue weighted by atomic mass is 35.5. The Morgan fingerprint density at radius 1 is 1.38 bits per heavy atom. The highest BCUT2D eigenvalue weighted by Gasteiger charge is 2.31. The summed E-state index contributed by atoms with van der Waals surface area (Å²) in [6.45, 7) is 7.60. The monoisotopic (exact) mass is 347 g/mol. The van der Waals surface area contributed by atoms with E-state index in [-0.39, 0.29) is 5.82 Å². The Morgan fingerprint density at radius 2 is 2.14 bits per heavy atom. The van der Waals surface area contributed by atoms with Crippen LogP contribution in [0.5, 0.6) is 0 Å². The maximum Gasteiger partial charge on any atom is 0.127 e. The van der Waals surface area contributed by atoms with Crippen molar-refractivity contribution in [1.82, 2.24) is 5.32 Å². The van der Waals surface area contributed by atoms with Crippen LogP contribution in [0.1, 0.15) is 26.3 Å². The van der Waals surface area contributed by atoms with Crippen LogP contribution >= 0.6 is 35.1 Å². The van der Waals surface area contributed by atoms with E-state index < -0.39 is 0 Å². The summed E-state index contributed by atoms with van der Waals surface area (Å²) in [7, 11) is 0. The molecule has 21 heavy (non-hydrogen) atoms. The Hall–Kier alpha value is 0.1000. The van der Waals surface area contributed by atoms with Crippen molar-refractivity contribution < 1.29 is 4.39 Å². The molecule has 0 aliphatic carbocycles. The Kier molecular flexibility index (Phi) is 6.73. The van der Waals surface area contributed by atoms with E-state index in [4.69, 9.17) is 11.6 Å². The summed E-state index contributed by atoms with van der Waals surface area (Å²) in [5.74, 6) is 0.934. The van der Waals surface area contributed by atoms with Crippen LogP contribution in [0.15, 0.2) is 18.2 Å². The van der Waals surface area contributed by atoms with Crippen LogP contribution in [-0.4, -0.2) is 34.1 Å². The topological polar surface area (TPSA) is 12.0 Å². The normalized spacial score (nSPS) is 27.6. The van der Waals surface area contributed by atoms with Gasteiger partial charge in [0.05, 0.1) is 0 Å². The molecule has 0 bridgehead atoms. The lowest BCUT2D eigenvalue weighted by molar-refractivity contribution is 0.505. The average molecular weight is 348 g/mol. The molecular formula is C16H23ClFNS2. The molecule has 1 nitrogen and oxygen atoms in total. The van der Waals surface area contributed by atoms with Gasteiger partial charge in [0.1, 0.15) is 5.82 Å². The maximum atomic E-state index is 14.0. The Labute approximate surface area is 140 Å². The minimum Gasteiger partial charge on any atom is -0.313 e. The second kappa shape index (κ2) is 8.09. The molecule has 5 heteroatoms. The molecular weight excluding hydrogens is 325 g/mol. The highest BCUT2D eigenvalue weighted by molar-refractivity contribution is 8.07. The molecule has 0 amide bonds. The molecule has 0 spiro atoms. The van der Waals surface area contributed by atoms with Crippen molar-refractivity contribution in [3.63, 3.8) is 0 Å². The van der Waals surface area contributed by atoms with Gasteiger partial charge in [-0.15, -0.1) is 0 Å². The van der Waals surface area contributed by atoms with Crippen molar-refractivity contribution in [2.45, 2.75) is 49.0 Å². The summed E-state index contributed by atoms with van der Waals surface area (Å²) in [6.07, 6.45) is 0.718. The fourth-order valence-corrected chi connectivity index (χ4v) is 5.83. The SMILES string of the molecule is CCNC(Cc1ccc(Cl)cc1F)C1CSC(C)C(C)S1. The predicted molar refractivity (Wildman–Crippen MR) is 95.3 cm³/mol. The lowest BCUT2D eigenvalue weighted by Crippen LogP contribution is -2.44. The molecule has 118 valence electrons. The van der Waals surface area contributed by atoms with Crippen molar-refractivity contribution in [2.24, 2.45) is 0 Å². The molecule has 1 saturated heterocycles. The predicted octanol–water partition coefficient (Wildman–Crippen LogP) is 4.63. The largest absolute Gasteiger partial charge is 0.313 e. The van der Waals surface area contributed by atoms with E-state index in [2.05, 4.69) is 26.1 Å². The lowest BCUT2D eigenvalue weighted by Gasteiger charge is -2.36. The molecule has 0 saturated carbocycles. The highest BCUT2D eigenvalue weighted by Crippen LogP contribution is 2.37. The van der Waals surface area contributed by atoms with Gasteiger partial charge in [0.15, 0.2) is 0 Å². The number of hydrogen-bond acceptors (Lipinski definition) is 3. The fraction of sp³-hybridized carbons (Fsp3) is 0.625. The van der Waals surface area contributed by atoms with Crippen LogP contribution in [0.25, 0.3) is 0 Å². The number of nitrogens with one attached hydrogen (secondary N) is 1. The van der Waals surface area contributed by atoms with E-state index in [1.165, 1.54) is 6.07 Å². The van der Waals surface area contributed by atoms with Gasteiger partial charge >= 0.3 is 0 Å².